The van der Waals surface area contributed by atoms with Gasteiger partial charge in [-0.05, 0) is 106 Å². The van der Waals surface area contributed by atoms with Crippen LogP contribution in [-0.2, 0) is 4.74 Å². The fourth-order valence-corrected chi connectivity index (χ4v) is 5.33. The van der Waals surface area contributed by atoms with E-state index in [4.69, 9.17) is 4.74 Å². The molecule has 0 aliphatic heterocycles. The van der Waals surface area contributed by atoms with E-state index in [1.54, 1.807) is 12.1 Å². The Hall–Kier alpha value is -2.01. The van der Waals surface area contributed by atoms with Crippen LogP contribution in [0.4, 0.5) is 13.2 Å². The van der Waals surface area contributed by atoms with Crippen molar-refractivity contribution in [3.05, 3.63) is 71.3 Å². The highest BCUT2D eigenvalue weighted by molar-refractivity contribution is 5.32. The molecule has 0 unspecified atom stereocenters. The zero-order valence-electron chi connectivity index (χ0n) is 19.7. The Balaban J connectivity index is 1.52. The summed E-state index contributed by atoms with van der Waals surface area (Å²) in [7, 11) is 0. The fraction of sp³-hybridized carbons (Fsp3) is 0.571. The zero-order chi connectivity index (χ0) is 24.0. The first kappa shape index (κ1) is 25.6. The van der Waals surface area contributed by atoms with Crippen LogP contribution in [0, 0.1) is 17.6 Å². The molecule has 2 aliphatic rings. The van der Waals surface area contributed by atoms with Crippen LogP contribution in [0.2, 0.25) is 0 Å². The molecule has 0 amide bonds. The lowest BCUT2D eigenvalue weighted by Gasteiger charge is -2.30. The van der Waals surface area contributed by atoms with Gasteiger partial charge in [-0.3, -0.25) is 0 Å². The average Bonchev–Trinajstić information content (AvgIpc) is 2.80. The summed E-state index contributed by atoms with van der Waals surface area (Å²) in [5.74, 6) is -1.07. The Labute approximate surface area is 196 Å². The van der Waals surface area contributed by atoms with Crippen molar-refractivity contribution in [2.24, 2.45) is 5.92 Å². The highest BCUT2D eigenvalue weighted by Gasteiger charge is 2.29. The van der Waals surface area contributed by atoms with Gasteiger partial charge in [0.05, 0.1) is 12.7 Å². The standard InChI is InChI=1S/C28H37F3O2/c1-4-33-19(3)17-26(29)18(2)5-6-20-7-9-21(10-8-20)24-15-16-25(28(31)27(24)30)22-11-13-23(32)14-12-22/h15-17,20-23,32H,2-14H2,1H3/b26-17+. The topological polar surface area (TPSA) is 29.5 Å². The maximum absolute atomic E-state index is 15.0. The lowest BCUT2D eigenvalue weighted by molar-refractivity contribution is 0.122. The highest BCUT2D eigenvalue weighted by Crippen LogP contribution is 2.41. The van der Waals surface area contributed by atoms with Crippen LogP contribution in [0.5, 0.6) is 0 Å². The third-order valence-corrected chi connectivity index (χ3v) is 7.37. The van der Waals surface area contributed by atoms with Crippen molar-refractivity contribution in [3.8, 4) is 0 Å². The van der Waals surface area contributed by atoms with Gasteiger partial charge in [-0.1, -0.05) is 25.3 Å². The quantitative estimate of drug-likeness (QED) is 0.298. The molecule has 2 fully saturated rings. The summed E-state index contributed by atoms with van der Waals surface area (Å²) in [4.78, 5) is 0. The molecular weight excluding hydrogens is 425 g/mol. The molecule has 0 bridgehead atoms. The molecule has 0 saturated heterocycles. The van der Waals surface area contributed by atoms with Crippen molar-refractivity contribution in [1.29, 1.82) is 0 Å². The van der Waals surface area contributed by atoms with Crippen LogP contribution in [0.1, 0.15) is 94.1 Å². The first-order valence-electron chi connectivity index (χ1n) is 12.3. The molecule has 182 valence electrons. The minimum Gasteiger partial charge on any atom is -0.494 e. The smallest absolute Gasteiger partial charge is 0.162 e. The van der Waals surface area contributed by atoms with E-state index in [1.807, 2.05) is 6.92 Å². The molecule has 5 heteroatoms. The molecule has 0 heterocycles. The van der Waals surface area contributed by atoms with E-state index < -0.39 is 17.5 Å². The van der Waals surface area contributed by atoms with E-state index in [0.29, 0.717) is 61.3 Å². The van der Waals surface area contributed by atoms with Crippen molar-refractivity contribution in [3.63, 3.8) is 0 Å². The summed E-state index contributed by atoms with van der Waals surface area (Å²) in [6.45, 7) is 9.76. The molecule has 1 aromatic rings. The third kappa shape index (κ3) is 6.75. The van der Waals surface area contributed by atoms with Gasteiger partial charge in [0.25, 0.3) is 0 Å². The second kappa shape index (κ2) is 11.9. The van der Waals surface area contributed by atoms with Gasteiger partial charge >= 0.3 is 0 Å². The van der Waals surface area contributed by atoms with Gasteiger partial charge in [0, 0.05) is 6.08 Å². The Morgan fingerprint density at radius 1 is 0.970 bits per heavy atom. The maximum atomic E-state index is 15.0. The van der Waals surface area contributed by atoms with Crippen molar-refractivity contribution < 1.29 is 23.0 Å². The van der Waals surface area contributed by atoms with Crippen molar-refractivity contribution >= 4 is 0 Å². The Bertz CT molecular complexity index is 860. The molecule has 2 aliphatic carbocycles. The number of allylic oxidation sites excluding steroid dienone is 3. The normalized spacial score (nSPS) is 26.2. The Kier molecular flexibility index (Phi) is 9.25. The summed E-state index contributed by atoms with van der Waals surface area (Å²) in [5, 5.41) is 9.68. The highest BCUT2D eigenvalue weighted by atomic mass is 19.2. The minimum absolute atomic E-state index is 0.0130. The number of ether oxygens (including phenoxy) is 1. The van der Waals surface area contributed by atoms with Crippen molar-refractivity contribution in [2.75, 3.05) is 6.61 Å². The van der Waals surface area contributed by atoms with E-state index in [9.17, 15) is 18.3 Å². The monoisotopic (exact) mass is 462 g/mol. The van der Waals surface area contributed by atoms with Crippen LogP contribution in [0.15, 0.2) is 48.5 Å². The number of rotatable bonds is 9. The number of hydrogen-bond acceptors (Lipinski definition) is 2. The number of hydrogen-bond donors (Lipinski definition) is 1. The molecule has 2 saturated carbocycles. The maximum Gasteiger partial charge on any atom is 0.162 e. The molecule has 0 atom stereocenters. The Morgan fingerprint density at radius 2 is 1.48 bits per heavy atom. The molecule has 33 heavy (non-hydrogen) atoms. The van der Waals surface area contributed by atoms with E-state index in [2.05, 4.69) is 13.2 Å². The SMILES string of the molecule is C=C(/C=C(/F)C(=C)CCC1CCC(c2ccc(C3CCC(O)CC3)c(F)c2F)CC1)OCC. The Morgan fingerprint density at radius 3 is 2.00 bits per heavy atom. The zero-order valence-corrected chi connectivity index (χ0v) is 19.7. The van der Waals surface area contributed by atoms with Crippen molar-refractivity contribution in [1.82, 2.24) is 0 Å². The number of aliphatic hydroxyl groups is 1. The van der Waals surface area contributed by atoms with Crippen LogP contribution < -0.4 is 0 Å². The van der Waals surface area contributed by atoms with Gasteiger partial charge in [0.15, 0.2) is 11.6 Å². The molecule has 2 nitrogen and oxygen atoms in total. The number of halogens is 3. The lowest BCUT2D eigenvalue weighted by Crippen LogP contribution is -2.19. The molecule has 1 aromatic carbocycles. The van der Waals surface area contributed by atoms with Crippen LogP contribution in [0.3, 0.4) is 0 Å². The van der Waals surface area contributed by atoms with Crippen LogP contribution in [-0.4, -0.2) is 17.8 Å². The van der Waals surface area contributed by atoms with E-state index in [0.717, 1.165) is 32.1 Å². The first-order chi connectivity index (χ1) is 15.8. The summed E-state index contributed by atoms with van der Waals surface area (Å²) in [5.41, 5.74) is 1.38. The summed E-state index contributed by atoms with van der Waals surface area (Å²) < 4.78 is 49.2. The van der Waals surface area contributed by atoms with Gasteiger partial charge < -0.3 is 9.84 Å². The minimum atomic E-state index is -0.705. The molecular formula is C28H37F3O2. The lowest BCUT2D eigenvalue weighted by atomic mass is 9.76. The van der Waals surface area contributed by atoms with Crippen LogP contribution in [0.25, 0.3) is 0 Å². The van der Waals surface area contributed by atoms with Crippen LogP contribution >= 0.6 is 0 Å². The largest absolute Gasteiger partial charge is 0.494 e. The predicted octanol–water partition coefficient (Wildman–Crippen LogP) is 8.00. The number of aliphatic hydroxyl groups excluding tert-OH is 1. The number of benzene rings is 1. The van der Waals surface area contributed by atoms with Gasteiger partial charge in [0.1, 0.15) is 11.6 Å². The van der Waals surface area contributed by atoms with Crippen molar-refractivity contribution in [2.45, 2.75) is 89.1 Å². The van der Waals surface area contributed by atoms with Gasteiger partial charge in [-0.2, -0.15) is 0 Å². The van der Waals surface area contributed by atoms with Gasteiger partial charge in [-0.25, -0.2) is 13.2 Å². The molecule has 0 aromatic heterocycles. The second-order valence-corrected chi connectivity index (χ2v) is 9.63. The molecule has 3 rings (SSSR count). The average molecular weight is 463 g/mol. The molecule has 0 spiro atoms. The van der Waals surface area contributed by atoms with E-state index in [1.165, 1.54) is 6.08 Å². The second-order valence-electron chi connectivity index (χ2n) is 9.63. The first-order valence-corrected chi connectivity index (χ1v) is 12.3. The molecule has 0 radical (unpaired) electrons. The predicted molar refractivity (Wildman–Crippen MR) is 127 cm³/mol. The van der Waals surface area contributed by atoms with Gasteiger partial charge in [-0.15, -0.1) is 0 Å². The summed E-state index contributed by atoms with van der Waals surface area (Å²) >= 11 is 0. The fourth-order valence-electron chi connectivity index (χ4n) is 5.33. The summed E-state index contributed by atoms with van der Waals surface area (Å²) in [6, 6.07) is 3.54. The third-order valence-electron chi connectivity index (χ3n) is 7.37. The van der Waals surface area contributed by atoms with E-state index >= 15 is 0 Å². The molecule has 1 N–H and O–H groups in total. The van der Waals surface area contributed by atoms with E-state index in [-0.39, 0.29) is 23.7 Å². The summed E-state index contributed by atoms with van der Waals surface area (Å²) in [6.07, 6.45) is 8.48. The van der Waals surface area contributed by atoms with Gasteiger partial charge in [0.2, 0.25) is 0 Å².